The summed E-state index contributed by atoms with van der Waals surface area (Å²) in [5, 5.41) is 1.75. The van der Waals surface area contributed by atoms with Gasteiger partial charge in [-0.05, 0) is 49.7 Å². The molecule has 0 aliphatic carbocycles. The number of halogens is 1. The number of rotatable bonds is 3. The van der Waals surface area contributed by atoms with Crippen molar-refractivity contribution in [3.05, 3.63) is 78.0 Å². The molecule has 0 unspecified atom stereocenters. The minimum atomic E-state index is -0.277. The van der Waals surface area contributed by atoms with Crippen LogP contribution in [-0.2, 0) is 12.8 Å². The van der Waals surface area contributed by atoms with Crippen LogP contribution in [0.3, 0.4) is 0 Å². The number of hydrogen-bond acceptors (Lipinski definition) is 4. The van der Waals surface area contributed by atoms with E-state index < -0.39 is 0 Å². The predicted molar refractivity (Wildman–Crippen MR) is 102 cm³/mol. The summed E-state index contributed by atoms with van der Waals surface area (Å²) in [4.78, 5) is 18.2. The Morgan fingerprint density at radius 1 is 1.00 bits per heavy atom. The third-order valence-corrected chi connectivity index (χ3v) is 4.89. The summed E-state index contributed by atoms with van der Waals surface area (Å²) >= 11 is 0. The molecule has 0 aliphatic rings. The molecule has 0 amide bonds. The standard InChI is InChI=1S/C21H16FN5/c1-13-17(26-21-16-3-2-9-23-19(16)8-10-27(13)21)6-7-20-24-12-14-11-15(22)4-5-18(14)25-20/h2-5,8-12H,6-7H2,1H3. The number of benzene rings is 1. The maximum absolute atomic E-state index is 13.3. The van der Waals surface area contributed by atoms with Crippen molar-refractivity contribution in [2.24, 2.45) is 0 Å². The van der Waals surface area contributed by atoms with Gasteiger partial charge in [-0.25, -0.2) is 19.3 Å². The van der Waals surface area contributed by atoms with Gasteiger partial charge in [-0.3, -0.25) is 4.98 Å². The molecule has 27 heavy (non-hydrogen) atoms. The molecule has 4 aromatic heterocycles. The fourth-order valence-electron chi connectivity index (χ4n) is 3.45. The average molecular weight is 357 g/mol. The molecule has 5 rings (SSSR count). The van der Waals surface area contributed by atoms with E-state index in [1.54, 1.807) is 18.5 Å². The maximum atomic E-state index is 13.3. The highest BCUT2D eigenvalue weighted by Crippen LogP contribution is 2.21. The monoisotopic (exact) mass is 357 g/mol. The fraction of sp³-hybridized carbons (Fsp3) is 0.143. The number of fused-ring (bicyclic) bond motifs is 4. The Morgan fingerprint density at radius 3 is 2.85 bits per heavy atom. The molecule has 1 aromatic carbocycles. The molecule has 0 bridgehead atoms. The van der Waals surface area contributed by atoms with Crippen molar-refractivity contribution in [2.45, 2.75) is 19.8 Å². The Kier molecular flexibility index (Phi) is 3.57. The van der Waals surface area contributed by atoms with Crippen molar-refractivity contribution in [3.63, 3.8) is 0 Å². The first-order valence-electron chi connectivity index (χ1n) is 8.81. The summed E-state index contributed by atoms with van der Waals surface area (Å²) in [6, 6.07) is 10.5. The van der Waals surface area contributed by atoms with E-state index in [0.29, 0.717) is 11.8 Å². The predicted octanol–water partition coefficient (Wildman–Crippen LogP) is 4.06. The van der Waals surface area contributed by atoms with Crippen molar-refractivity contribution < 1.29 is 4.39 Å². The molecular weight excluding hydrogens is 341 g/mol. The molecular formula is C21H16FN5. The zero-order valence-electron chi connectivity index (χ0n) is 14.7. The summed E-state index contributed by atoms with van der Waals surface area (Å²) in [6.07, 6.45) is 6.89. The molecule has 0 N–H and O–H groups in total. The first-order chi connectivity index (χ1) is 13.2. The van der Waals surface area contributed by atoms with Crippen molar-refractivity contribution in [2.75, 3.05) is 0 Å². The Hall–Kier alpha value is -3.41. The van der Waals surface area contributed by atoms with Crippen LogP contribution in [-0.4, -0.2) is 24.3 Å². The lowest BCUT2D eigenvalue weighted by Crippen LogP contribution is -2.00. The van der Waals surface area contributed by atoms with E-state index >= 15 is 0 Å². The van der Waals surface area contributed by atoms with E-state index in [9.17, 15) is 4.39 Å². The normalized spacial score (nSPS) is 11.6. The van der Waals surface area contributed by atoms with Gasteiger partial charge in [0.2, 0.25) is 0 Å². The zero-order chi connectivity index (χ0) is 18.4. The molecule has 0 fully saturated rings. The van der Waals surface area contributed by atoms with Crippen LogP contribution in [0, 0.1) is 12.7 Å². The second kappa shape index (κ2) is 6.09. The maximum Gasteiger partial charge on any atom is 0.146 e. The van der Waals surface area contributed by atoms with Crippen LogP contribution in [0.4, 0.5) is 4.39 Å². The Balaban J connectivity index is 1.48. The summed E-state index contributed by atoms with van der Waals surface area (Å²) in [6.45, 7) is 2.07. The minimum Gasteiger partial charge on any atom is -0.303 e. The van der Waals surface area contributed by atoms with E-state index in [-0.39, 0.29) is 5.82 Å². The van der Waals surface area contributed by atoms with Crippen LogP contribution in [0.25, 0.3) is 27.5 Å². The van der Waals surface area contributed by atoms with Crippen LogP contribution in [0.15, 0.2) is 55.0 Å². The van der Waals surface area contributed by atoms with E-state index in [2.05, 4.69) is 26.3 Å². The highest BCUT2D eigenvalue weighted by molar-refractivity contribution is 5.91. The van der Waals surface area contributed by atoms with E-state index in [1.165, 1.54) is 12.1 Å². The number of aromatic nitrogens is 5. The van der Waals surface area contributed by atoms with Crippen LogP contribution in [0.2, 0.25) is 0 Å². The highest BCUT2D eigenvalue weighted by Gasteiger charge is 2.12. The van der Waals surface area contributed by atoms with Gasteiger partial charge in [-0.15, -0.1) is 0 Å². The number of nitrogens with zero attached hydrogens (tertiary/aromatic N) is 5. The molecule has 0 saturated heterocycles. The third-order valence-electron chi connectivity index (χ3n) is 4.89. The summed E-state index contributed by atoms with van der Waals surface area (Å²) in [5.74, 6) is 0.456. The average Bonchev–Trinajstić information content (AvgIpc) is 3.02. The second-order valence-corrected chi connectivity index (χ2v) is 6.58. The van der Waals surface area contributed by atoms with Crippen molar-refractivity contribution in [3.8, 4) is 0 Å². The number of imidazole rings is 1. The molecule has 0 aliphatic heterocycles. The highest BCUT2D eigenvalue weighted by atomic mass is 19.1. The Morgan fingerprint density at radius 2 is 1.93 bits per heavy atom. The molecule has 4 heterocycles. The fourth-order valence-corrected chi connectivity index (χ4v) is 3.45. The molecule has 0 atom stereocenters. The number of aryl methyl sites for hydroxylation is 3. The quantitative estimate of drug-likeness (QED) is 0.489. The van der Waals surface area contributed by atoms with Gasteiger partial charge in [0.15, 0.2) is 0 Å². The van der Waals surface area contributed by atoms with Gasteiger partial charge in [0.25, 0.3) is 0 Å². The van der Waals surface area contributed by atoms with Crippen LogP contribution < -0.4 is 0 Å². The summed E-state index contributed by atoms with van der Waals surface area (Å²) in [7, 11) is 0. The summed E-state index contributed by atoms with van der Waals surface area (Å²) in [5.41, 5.74) is 4.74. The molecule has 0 spiro atoms. The van der Waals surface area contributed by atoms with Crippen LogP contribution >= 0.6 is 0 Å². The number of pyridine rings is 2. The first kappa shape index (κ1) is 15.8. The molecule has 0 radical (unpaired) electrons. The van der Waals surface area contributed by atoms with Gasteiger partial charge in [-0.1, -0.05) is 0 Å². The minimum absolute atomic E-state index is 0.277. The van der Waals surface area contributed by atoms with Gasteiger partial charge >= 0.3 is 0 Å². The van der Waals surface area contributed by atoms with Crippen molar-refractivity contribution in [1.82, 2.24) is 24.3 Å². The van der Waals surface area contributed by atoms with Crippen LogP contribution in [0.5, 0.6) is 0 Å². The zero-order valence-corrected chi connectivity index (χ0v) is 14.7. The second-order valence-electron chi connectivity index (χ2n) is 6.58. The molecule has 0 saturated carbocycles. The van der Waals surface area contributed by atoms with Gasteiger partial charge in [0, 0.05) is 41.5 Å². The van der Waals surface area contributed by atoms with Crippen LogP contribution in [0.1, 0.15) is 17.2 Å². The summed E-state index contributed by atoms with van der Waals surface area (Å²) < 4.78 is 15.4. The van der Waals surface area contributed by atoms with Crippen molar-refractivity contribution >= 4 is 27.5 Å². The van der Waals surface area contributed by atoms with Gasteiger partial charge in [0.1, 0.15) is 17.3 Å². The SMILES string of the molecule is Cc1c(CCc2ncc3cc(F)ccc3n2)nc2c3cccnc3ccn12. The largest absolute Gasteiger partial charge is 0.303 e. The topological polar surface area (TPSA) is 56.0 Å². The van der Waals surface area contributed by atoms with Gasteiger partial charge < -0.3 is 4.40 Å². The van der Waals surface area contributed by atoms with Gasteiger partial charge in [-0.2, -0.15) is 0 Å². The van der Waals surface area contributed by atoms with Crippen molar-refractivity contribution in [1.29, 1.82) is 0 Å². The lowest BCUT2D eigenvalue weighted by atomic mass is 10.2. The van der Waals surface area contributed by atoms with E-state index in [0.717, 1.165) is 45.7 Å². The van der Waals surface area contributed by atoms with Gasteiger partial charge in [0.05, 0.1) is 16.7 Å². The third kappa shape index (κ3) is 2.70. The molecule has 6 heteroatoms. The van der Waals surface area contributed by atoms with E-state index in [1.807, 2.05) is 24.4 Å². The first-order valence-corrected chi connectivity index (χ1v) is 8.81. The smallest absolute Gasteiger partial charge is 0.146 e. The molecule has 5 aromatic rings. The lowest BCUT2D eigenvalue weighted by Gasteiger charge is -2.02. The molecule has 5 nitrogen and oxygen atoms in total. The lowest BCUT2D eigenvalue weighted by molar-refractivity contribution is 0.629. The number of hydrogen-bond donors (Lipinski definition) is 0. The Labute approximate surface area is 154 Å². The molecule has 132 valence electrons. The van der Waals surface area contributed by atoms with E-state index in [4.69, 9.17) is 4.98 Å². The Bertz CT molecular complexity index is 1310.